The first-order valence-electron chi connectivity index (χ1n) is 9.28. The summed E-state index contributed by atoms with van der Waals surface area (Å²) in [7, 11) is 2.08. The van der Waals surface area contributed by atoms with Crippen LogP contribution in [0.3, 0.4) is 0 Å². The molecule has 2 aromatic heterocycles. The maximum absolute atomic E-state index is 5.76. The molecule has 5 heteroatoms. The molecule has 0 bridgehead atoms. The molecule has 1 aromatic carbocycles. The number of thiocarbonyl (C=S) groups is 1. The second-order valence-corrected chi connectivity index (χ2v) is 7.67. The van der Waals surface area contributed by atoms with Crippen LogP contribution in [-0.4, -0.2) is 14.7 Å². The van der Waals surface area contributed by atoms with Crippen LogP contribution in [0.5, 0.6) is 0 Å². The lowest BCUT2D eigenvalue weighted by Gasteiger charge is -2.28. The molecule has 138 valence electrons. The van der Waals surface area contributed by atoms with E-state index in [1.54, 1.807) is 0 Å². The first kappa shape index (κ1) is 17.7. The molecule has 0 radical (unpaired) electrons. The lowest BCUT2D eigenvalue weighted by Crippen LogP contribution is -2.30. The maximum atomic E-state index is 5.76. The van der Waals surface area contributed by atoms with Crippen molar-refractivity contribution >= 4 is 23.0 Å². The summed E-state index contributed by atoms with van der Waals surface area (Å²) in [5.41, 5.74) is 4.62. The van der Waals surface area contributed by atoms with Crippen molar-refractivity contribution in [3.8, 4) is 0 Å². The van der Waals surface area contributed by atoms with Gasteiger partial charge in [0, 0.05) is 30.8 Å². The highest BCUT2D eigenvalue weighted by molar-refractivity contribution is 7.80. The third kappa shape index (κ3) is 3.23. The summed E-state index contributed by atoms with van der Waals surface area (Å²) in [5, 5.41) is 4.23. The number of anilines is 1. The third-order valence-electron chi connectivity index (χ3n) is 5.22. The van der Waals surface area contributed by atoms with Crippen LogP contribution in [0.15, 0.2) is 67.0 Å². The van der Waals surface area contributed by atoms with Crippen LogP contribution in [-0.2, 0) is 7.05 Å². The Bertz CT molecular complexity index is 930. The van der Waals surface area contributed by atoms with E-state index in [9.17, 15) is 0 Å². The lowest BCUT2D eigenvalue weighted by atomic mass is 10.00. The Kier molecular flexibility index (Phi) is 4.70. The van der Waals surface area contributed by atoms with Gasteiger partial charge in [0.15, 0.2) is 5.11 Å². The molecule has 1 fully saturated rings. The second kappa shape index (κ2) is 7.16. The van der Waals surface area contributed by atoms with Crippen LogP contribution < -0.4 is 10.2 Å². The molecule has 27 heavy (non-hydrogen) atoms. The zero-order valence-corrected chi connectivity index (χ0v) is 16.6. The van der Waals surface area contributed by atoms with E-state index < -0.39 is 0 Å². The minimum Gasteiger partial charge on any atom is -0.353 e. The fraction of sp³-hybridized carbons (Fsp3) is 0.273. The standard InChI is InChI=1S/C22H24N4S/c1-15(2)16-9-11-17(12-10-16)26-21(19-8-6-14-25(19)3)20(24-22(26)27)18-7-4-5-13-23-18/h4-15,20-21H,1-3H3,(H,24,27)/t20-,21+/m0/s1. The molecule has 1 N–H and O–H groups in total. The van der Waals surface area contributed by atoms with E-state index in [-0.39, 0.29) is 12.1 Å². The normalized spacial score (nSPS) is 19.6. The second-order valence-electron chi connectivity index (χ2n) is 7.29. The summed E-state index contributed by atoms with van der Waals surface area (Å²) in [4.78, 5) is 6.81. The van der Waals surface area contributed by atoms with Gasteiger partial charge in [0.2, 0.25) is 0 Å². The number of aryl methyl sites for hydroxylation is 1. The predicted octanol–water partition coefficient (Wildman–Crippen LogP) is 4.72. The number of pyridine rings is 1. The van der Waals surface area contributed by atoms with Crippen LogP contribution >= 0.6 is 12.2 Å². The molecule has 1 aliphatic heterocycles. The molecule has 3 aromatic rings. The van der Waals surface area contributed by atoms with Crippen molar-refractivity contribution in [3.05, 3.63) is 83.9 Å². The average molecular weight is 377 g/mol. The van der Waals surface area contributed by atoms with Gasteiger partial charge in [-0.05, 0) is 60.1 Å². The van der Waals surface area contributed by atoms with Gasteiger partial charge in [-0.25, -0.2) is 0 Å². The van der Waals surface area contributed by atoms with E-state index in [1.807, 2.05) is 18.3 Å². The van der Waals surface area contributed by atoms with Gasteiger partial charge in [0.25, 0.3) is 0 Å². The molecule has 0 saturated carbocycles. The summed E-state index contributed by atoms with van der Waals surface area (Å²) >= 11 is 5.76. The fourth-order valence-electron chi connectivity index (χ4n) is 3.73. The van der Waals surface area contributed by atoms with E-state index in [1.165, 1.54) is 11.3 Å². The monoisotopic (exact) mass is 376 g/mol. The van der Waals surface area contributed by atoms with Crippen LogP contribution in [0, 0.1) is 0 Å². The number of rotatable bonds is 4. The van der Waals surface area contributed by atoms with Crippen molar-refractivity contribution in [2.24, 2.45) is 7.05 Å². The topological polar surface area (TPSA) is 33.1 Å². The van der Waals surface area contributed by atoms with Crippen LogP contribution in [0.25, 0.3) is 0 Å². The molecule has 3 heterocycles. The van der Waals surface area contributed by atoms with E-state index in [4.69, 9.17) is 12.2 Å². The first-order valence-corrected chi connectivity index (χ1v) is 9.69. The van der Waals surface area contributed by atoms with Crippen LogP contribution in [0.4, 0.5) is 5.69 Å². The van der Waals surface area contributed by atoms with Gasteiger partial charge < -0.3 is 14.8 Å². The Labute approximate surface area is 165 Å². The minimum absolute atomic E-state index is 0.00271. The molecular formula is C22H24N4S. The molecule has 0 unspecified atom stereocenters. The summed E-state index contributed by atoms with van der Waals surface area (Å²) in [6.45, 7) is 4.42. The van der Waals surface area contributed by atoms with Gasteiger partial charge in [-0.2, -0.15) is 0 Å². The molecule has 2 atom stereocenters. The van der Waals surface area contributed by atoms with E-state index in [2.05, 4.69) is 89.3 Å². The highest BCUT2D eigenvalue weighted by Gasteiger charge is 2.41. The van der Waals surface area contributed by atoms with Crippen molar-refractivity contribution in [3.63, 3.8) is 0 Å². The number of benzene rings is 1. The largest absolute Gasteiger partial charge is 0.353 e. The summed E-state index contributed by atoms with van der Waals surface area (Å²) in [5.74, 6) is 0.507. The van der Waals surface area contributed by atoms with E-state index >= 15 is 0 Å². The van der Waals surface area contributed by atoms with Crippen LogP contribution in [0.2, 0.25) is 0 Å². The molecule has 0 aliphatic carbocycles. The van der Waals surface area contributed by atoms with E-state index in [0.29, 0.717) is 5.92 Å². The zero-order chi connectivity index (χ0) is 19.0. The summed E-state index contributed by atoms with van der Waals surface area (Å²) in [6, 6.07) is 19.0. The molecular weight excluding hydrogens is 352 g/mol. The van der Waals surface area contributed by atoms with Crippen molar-refractivity contribution in [1.29, 1.82) is 0 Å². The predicted molar refractivity (Wildman–Crippen MR) is 114 cm³/mol. The molecule has 4 rings (SSSR count). The van der Waals surface area contributed by atoms with Gasteiger partial charge in [0.05, 0.1) is 11.7 Å². The van der Waals surface area contributed by atoms with Crippen molar-refractivity contribution in [2.45, 2.75) is 31.8 Å². The summed E-state index contributed by atoms with van der Waals surface area (Å²) < 4.78 is 2.16. The number of hydrogen-bond acceptors (Lipinski definition) is 2. The summed E-state index contributed by atoms with van der Waals surface area (Å²) in [6.07, 6.45) is 3.91. The Morgan fingerprint density at radius 1 is 1.04 bits per heavy atom. The van der Waals surface area contributed by atoms with Gasteiger partial charge in [-0.3, -0.25) is 4.98 Å². The Balaban J connectivity index is 1.79. The Morgan fingerprint density at radius 2 is 1.81 bits per heavy atom. The molecule has 4 nitrogen and oxygen atoms in total. The quantitative estimate of drug-likeness (QED) is 0.668. The third-order valence-corrected chi connectivity index (χ3v) is 5.54. The van der Waals surface area contributed by atoms with Crippen molar-refractivity contribution < 1.29 is 0 Å². The zero-order valence-electron chi connectivity index (χ0n) is 15.8. The molecule has 0 spiro atoms. The number of nitrogens with zero attached hydrogens (tertiary/aromatic N) is 3. The van der Waals surface area contributed by atoms with Crippen molar-refractivity contribution in [2.75, 3.05) is 4.90 Å². The van der Waals surface area contributed by atoms with E-state index in [0.717, 1.165) is 16.5 Å². The number of hydrogen-bond donors (Lipinski definition) is 1. The number of nitrogens with one attached hydrogen (secondary N) is 1. The van der Waals surface area contributed by atoms with Crippen LogP contribution in [0.1, 0.15) is 48.8 Å². The highest BCUT2D eigenvalue weighted by atomic mass is 32.1. The lowest BCUT2D eigenvalue weighted by molar-refractivity contribution is 0.541. The smallest absolute Gasteiger partial charge is 0.174 e. The Hall–Kier alpha value is -2.66. The molecule has 0 amide bonds. The molecule has 1 aliphatic rings. The minimum atomic E-state index is -0.00271. The fourth-order valence-corrected chi connectivity index (χ4v) is 4.08. The highest BCUT2D eigenvalue weighted by Crippen LogP contribution is 2.41. The first-order chi connectivity index (χ1) is 13.1. The average Bonchev–Trinajstić information content (AvgIpc) is 3.25. The number of aromatic nitrogens is 2. The van der Waals surface area contributed by atoms with Gasteiger partial charge >= 0.3 is 0 Å². The Morgan fingerprint density at radius 3 is 2.41 bits per heavy atom. The van der Waals surface area contributed by atoms with Crippen molar-refractivity contribution in [1.82, 2.24) is 14.9 Å². The molecule has 1 saturated heterocycles. The van der Waals surface area contributed by atoms with Gasteiger partial charge in [0.1, 0.15) is 6.04 Å². The van der Waals surface area contributed by atoms with Gasteiger partial charge in [-0.15, -0.1) is 0 Å². The van der Waals surface area contributed by atoms with Gasteiger partial charge in [-0.1, -0.05) is 32.0 Å². The maximum Gasteiger partial charge on any atom is 0.174 e. The SMILES string of the molecule is CC(C)c1ccc(N2C(=S)N[C@@H](c3ccccn3)[C@H]2c2cccn2C)cc1.